The zero-order valence-electron chi connectivity index (χ0n) is 7.22. The molecule has 0 spiro atoms. The Bertz CT molecular complexity index is 234. The molecule has 1 aromatic heterocycles. The van der Waals surface area contributed by atoms with Crippen molar-refractivity contribution >= 4 is 22.9 Å². The van der Waals surface area contributed by atoms with Crippen molar-refractivity contribution < 1.29 is 0 Å². The molecule has 0 radical (unpaired) electrons. The average Bonchev–Trinajstić information content (AvgIpc) is 2.47. The Kier molecular flexibility index (Phi) is 4.06. The number of hydrogen-bond donors (Lipinski definition) is 1. The van der Waals surface area contributed by atoms with Crippen molar-refractivity contribution in [3.05, 3.63) is 21.3 Å². The van der Waals surface area contributed by atoms with Crippen LogP contribution in [0, 0.1) is 0 Å². The summed E-state index contributed by atoms with van der Waals surface area (Å²) in [5.41, 5.74) is 5.44. The second-order valence-corrected chi connectivity index (χ2v) is 4.72. The molecule has 0 bridgehead atoms. The van der Waals surface area contributed by atoms with E-state index in [0.29, 0.717) is 5.92 Å². The molecule has 1 aromatic rings. The van der Waals surface area contributed by atoms with E-state index in [4.69, 9.17) is 17.3 Å². The minimum atomic E-state index is 0.603. The van der Waals surface area contributed by atoms with E-state index < -0.39 is 0 Å². The lowest BCUT2D eigenvalue weighted by Crippen LogP contribution is -2.00. The molecule has 1 rings (SSSR count). The highest BCUT2D eigenvalue weighted by Crippen LogP contribution is 2.30. The average molecular weight is 204 g/mol. The summed E-state index contributed by atoms with van der Waals surface area (Å²) in [5.74, 6) is 0.603. The molecule has 0 fully saturated rings. The van der Waals surface area contributed by atoms with Crippen LogP contribution in [0.4, 0.5) is 0 Å². The maximum atomic E-state index is 5.83. The maximum absolute atomic E-state index is 5.83. The molecule has 1 nitrogen and oxygen atoms in total. The molecule has 0 saturated heterocycles. The normalized spacial score (nSPS) is 13.2. The van der Waals surface area contributed by atoms with Gasteiger partial charge in [-0.15, -0.1) is 11.3 Å². The fourth-order valence-corrected chi connectivity index (χ4v) is 2.31. The molecule has 3 heteroatoms. The molecule has 0 aromatic carbocycles. The van der Waals surface area contributed by atoms with Crippen LogP contribution in [0.1, 0.15) is 30.6 Å². The highest BCUT2D eigenvalue weighted by Gasteiger charge is 2.06. The standard InChI is InChI=1S/C9H14ClNS/c1-7(3-2-6-11)8-4-5-9(10)12-8/h4-5,7H,2-3,6,11H2,1H3. The summed E-state index contributed by atoms with van der Waals surface area (Å²) in [6.07, 6.45) is 2.25. The molecule has 0 saturated carbocycles. The molecule has 0 aliphatic rings. The van der Waals surface area contributed by atoms with Crippen molar-refractivity contribution in [2.24, 2.45) is 5.73 Å². The molecule has 12 heavy (non-hydrogen) atoms. The van der Waals surface area contributed by atoms with Crippen molar-refractivity contribution in [1.82, 2.24) is 0 Å². The molecule has 1 atom stereocenters. The van der Waals surface area contributed by atoms with Gasteiger partial charge in [0.05, 0.1) is 4.34 Å². The van der Waals surface area contributed by atoms with E-state index >= 15 is 0 Å². The van der Waals surface area contributed by atoms with Gasteiger partial charge in [-0.2, -0.15) is 0 Å². The molecule has 1 heterocycles. The summed E-state index contributed by atoms with van der Waals surface area (Å²) in [4.78, 5) is 1.37. The molecule has 68 valence electrons. The van der Waals surface area contributed by atoms with Gasteiger partial charge in [0.1, 0.15) is 0 Å². The predicted molar refractivity (Wildman–Crippen MR) is 56.0 cm³/mol. The number of hydrogen-bond acceptors (Lipinski definition) is 2. The first kappa shape index (κ1) is 10.0. The number of halogens is 1. The number of thiophene rings is 1. The van der Waals surface area contributed by atoms with E-state index in [1.807, 2.05) is 6.07 Å². The third-order valence-corrected chi connectivity index (χ3v) is 3.38. The molecular formula is C9H14ClNS. The number of rotatable bonds is 4. The second kappa shape index (κ2) is 4.85. The van der Waals surface area contributed by atoms with Crippen molar-refractivity contribution in [1.29, 1.82) is 0 Å². The lowest BCUT2D eigenvalue weighted by Gasteiger charge is -2.06. The van der Waals surface area contributed by atoms with Crippen LogP contribution in [0.15, 0.2) is 12.1 Å². The third-order valence-electron chi connectivity index (χ3n) is 1.92. The first-order valence-electron chi connectivity index (χ1n) is 4.19. The summed E-state index contributed by atoms with van der Waals surface area (Å²) in [6.45, 7) is 3.00. The Hall–Kier alpha value is -0.0500. The van der Waals surface area contributed by atoms with Crippen molar-refractivity contribution in [2.75, 3.05) is 6.54 Å². The van der Waals surface area contributed by atoms with Crippen LogP contribution in [0.3, 0.4) is 0 Å². The summed E-state index contributed by atoms with van der Waals surface area (Å²) in [6, 6.07) is 4.06. The van der Waals surface area contributed by atoms with E-state index in [1.54, 1.807) is 11.3 Å². The van der Waals surface area contributed by atoms with Gasteiger partial charge in [-0.05, 0) is 37.4 Å². The minimum absolute atomic E-state index is 0.603. The lowest BCUT2D eigenvalue weighted by atomic mass is 10.0. The quantitative estimate of drug-likeness (QED) is 0.799. The van der Waals surface area contributed by atoms with Gasteiger partial charge < -0.3 is 5.73 Å². The van der Waals surface area contributed by atoms with Crippen LogP contribution in [0.25, 0.3) is 0 Å². The molecule has 0 amide bonds. The van der Waals surface area contributed by atoms with E-state index in [9.17, 15) is 0 Å². The highest BCUT2D eigenvalue weighted by atomic mass is 35.5. The minimum Gasteiger partial charge on any atom is -0.330 e. The van der Waals surface area contributed by atoms with Crippen LogP contribution in [-0.2, 0) is 0 Å². The Balaban J connectivity index is 2.47. The summed E-state index contributed by atoms with van der Waals surface area (Å²) in [7, 11) is 0. The molecular weight excluding hydrogens is 190 g/mol. The first-order chi connectivity index (χ1) is 5.74. The second-order valence-electron chi connectivity index (χ2n) is 2.97. The topological polar surface area (TPSA) is 26.0 Å². The smallest absolute Gasteiger partial charge is 0.0931 e. The van der Waals surface area contributed by atoms with Crippen LogP contribution < -0.4 is 5.73 Å². The van der Waals surface area contributed by atoms with Gasteiger partial charge in [0.2, 0.25) is 0 Å². The van der Waals surface area contributed by atoms with Crippen LogP contribution in [0.5, 0.6) is 0 Å². The van der Waals surface area contributed by atoms with E-state index in [0.717, 1.165) is 23.7 Å². The largest absolute Gasteiger partial charge is 0.330 e. The Morgan fingerprint density at radius 2 is 2.33 bits per heavy atom. The Morgan fingerprint density at radius 3 is 2.83 bits per heavy atom. The molecule has 0 aliphatic carbocycles. The van der Waals surface area contributed by atoms with Crippen LogP contribution in [-0.4, -0.2) is 6.54 Å². The fourth-order valence-electron chi connectivity index (χ4n) is 1.16. The summed E-state index contributed by atoms with van der Waals surface area (Å²) < 4.78 is 0.879. The summed E-state index contributed by atoms with van der Waals surface area (Å²) in [5, 5.41) is 0. The van der Waals surface area contributed by atoms with Crippen molar-refractivity contribution in [3.8, 4) is 0 Å². The third kappa shape index (κ3) is 2.77. The van der Waals surface area contributed by atoms with Gasteiger partial charge in [0.15, 0.2) is 0 Å². The highest BCUT2D eigenvalue weighted by molar-refractivity contribution is 7.16. The predicted octanol–water partition coefficient (Wildman–Crippen LogP) is 3.24. The summed E-state index contributed by atoms with van der Waals surface area (Å²) >= 11 is 7.50. The molecule has 2 N–H and O–H groups in total. The number of nitrogens with two attached hydrogens (primary N) is 1. The zero-order chi connectivity index (χ0) is 8.97. The van der Waals surface area contributed by atoms with E-state index in [-0.39, 0.29) is 0 Å². The van der Waals surface area contributed by atoms with E-state index in [2.05, 4.69) is 13.0 Å². The van der Waals surface area contributed by atoms with Gasteiger partial charge in [-0.25, -0.2) is 0 Å². The van der Waals surface area contributed by atoms with E-state index in [1.165, 1.54) is 4.88 Å². The van der Waals surface area contributed by atoms with Crippen LogP contribution in [0.2, 0.25) is 4.34 Å². The van der Waals surface area contributed by atoms with Crippen molar-refractivity contribution in [3.63, 3.8) is 0 Å². The Labute approximate surface area is 82.5 Å². The van der Waals surface area contributed by atoms with Gasteiger partial charge in [0, 0.05) is 4.88 Å². The Morgan fingerprint density at radius 1 is 1.58 bits per heavy atom. The van der Waals surface area contributed by atoms with Gasteiger partial charge in [0.25, 0.3) is 0 Å². The SMILES string of the molecule is CC(CCCN)c1ccc(Cl)s1. The lowest BCUT2D eigenvalue weighted by molar-refractivity contribution is 0.649. The van der Waals surface area contributed by atoms with Gasteiger partial charge in [-0.1, -0.05) is 18.5 Å². The molecule has 1 unspecified atom stereocenters. The van der Waals surface area contributed by atoms with Crippen LogP contribution >= 0.6 is 22.9 Å². The van der Waals surface area contributed by atoms with Crippen molar-refractivity contribution in [2.45, 2.75) is 25.7 Å². The van der Waals surface area contributed by atoms with Gasteiger partial charge >= 0.3 is 0 Å². The first-order valence-corrected chi connectivity index (χ1v) is 5.38. The molecule has 0 aliphatic heterocycles. The van der Waals surface area contributed by atoms with Gasteiger partial charge in [-0.3, -0.25) is 0 Å². The maximum Gasteiger partial charge on any atom is 0.0931 e. The zero-order valence-corrected chi connectivity index (χ0v) is 8.79. The monoisotopic (exact) mass is 203 g/mol. The fraction of sp³-hybridized carbons (Fsp3) is 0.556.